The molecule has 0 saturated carbocycles. The van der Waals surface area contributed by atoms with E-state index in [2.05, 4.69) is 6.92 Å². The minimum Gasteiger partial charge on any atom is -0.315 e. The van der Waals surface area contributed by atoms with Gasteiger partial charge in [-0.2, -0.15) is 0 Å². The lowest BCUT2D eigenvalue weighted by Gasteiger charge is -2.10. The Hall–Kier alpha value is -1.64. The topological polar surface area (TPSA) is 37.4 Å². The molecule has 108 valence electrons. The lowest BCUT2D eigenvalue weighted by Crippen LogP contribution is -2.20. The molecule has 1 aliphatic rings. The van der Waals surface area contributed by atoms with Crippen molar-refractivity contribution in [3.05, 3.63) is 29.3 Å². The van der Waals surface area contributed by atoms with Crippen LogP contribution >= 0.6 is 0 Å². The van der Waals surface area contributed by atoms with Crippen LogP contribution in [0.4, 0.5) is 5.69 Å². The molecule has 0 fully saturated rings. The van der Waals surface area contributed by atoms with Crippen molar-refractivity contribution >= 4 is 17.4 Å². The van der Waals surface area contributed by atoms with Gasteiger partial charge in [-0.15, -0.1) is 0 Å². The number of fused-ring (bicyclic) bond motifs is 1. The second-order valence-electron chi connectivity index (χ2n) is 5.56. The highest BCUT2D eigenvalue weighted by Crippen LogP contribution is 2.28. The third-order valence-electron chi connectivity index (χ3n) is 3.99. The van der Waals surface area contributed by atoms with Crippen LogP contribution in [0.2, 0.25) is 0 Å². The van der Waals surface area contributed by atoms with E-state index in [1.807, 2.05) is 18.2 Å². The van der Waals surface area contributed by atoms with Crippen molar-refractivity contribution < 1.29 is 9.59 Å². The molecule has 0 atom stereocenters. The minimum absolute atomic E-state index is 0.101. The fourth-order valence-corrected chi connectivity index (χ4v) is 2.68. The van der Waals surface area contributed by atoms with E-state index in [1.54, 1.807) is 11.9 Å². The van der Waals surface area contributed by atoms with Crippen LogP contribution < -0.4 is 4.90 Å². The van der Waals surface area contributed by atoms with Crippen LogP contribution in [0.1, 0.15) is 61.4 Å². The Morgan fingerprint density at radius 1 is 1.20 bits per heavy atom. The van der Waals surface area contributed by atoms with Crippen molar-refractivity contribution in [1.29, 1.82) is 0 Å². The van der Waals surface area contributed by atoms with Gasteiger partial charge in [-0.3, -0.25) is 9.59 Å². The summed E-state index contributed by atoms with van der Waals surface area (Å²) in [5, 5.41) is 0. The summed E-state index contributed by atoms with van der Waals surface area (Å²) in [7, 11) is 1.78. The first-order valence-corrected chi connectivity index (χ1v) is 7.56. The zero-order chi connectivity index (χ0) is 14.5. The Morgan fingerprint density at radius 3 is 2.70 bits per heavy atom. The lowest BCUT2D eigenvalue weighted by atomic mass is 10.0. The minimum atomic E-state index is 0.101. The Kier molecular flexibility index (Phi) is 4.94. The molecule has 0 aromatic heterocycles. The molecule has 1 aromatic carbocycles. The number of carbonyl (C=O) groups is 2. The van der Waals surface area contributed by atoms with E-state index in [-0.39, 0.29) is 11.7 Å². The van der Waals surface area contributed by atoms with Gasteiger partial charge in [0, 0.05) is 24.7 Å². The largest absolute Gasteiger partial charge is 0.315 e. The molecule has 0 bridgehead atoms. The lowest BCUT2D eigenvalue weighted by molar-refractivity contribution is -0.117. The molecule has 2 rings (SSSR count). The number of nitrogens with zero attached hydrogens (tertiary/aromatic N) is 1. The Morgan fingerprint density at radius 2 is 1.95 bits per heavy atom. The molecular formula is C17H23NO2. The number of amides is 1. The van der Waals surface area contributed by atoms with Gasteiger partial charge in [-0.05, 0) is 30.2 Å². The van der Waals surface area contributed by atoms with Crippen molar-refractivity contribution in [3.63, 3.8) is 0 Å². The summed E-state index contributed by atoms with van der Waals surface area (Å²) >= 11 is 0. The van der Waals surface area contributed by atoms with Crippen LogP contribution in [0.3, 0.4) is 0 Å². The van der Waals surface area contributed by atoms with E-state index in [0.717, 1.165) is 29.7 Å². The zero-order valence-corrected chi connectivity index (χ0v) is 12.4. The number of Topliss-reactive ketones (excluding diaryl/α,β-unsaturated/α-hetero) is 1. The van der Waals surface area contributed by atoms with Crippen molar-refractivity contribution in [2.24, 2.45) is 0 Å². The van der Waals surface area contributed by atoms with Crippen LogP contribution in [-0.2, 0) is 11.2 Å². The maximum absolute atomic E-state index is 12.1. The van der Waals surface area contributed by atoms with Gasteiger partial charge >= 0.3 is 0 Å². The number of anilines is 1. The Bertz CT molecular complexity index is 508. The van der Waals surface area contributed by atoms with Gasteiger partial charge in [-0.25, -0.2) is 0 Å². The number of ketones is 1. The number of unbranched alkanes of at least 4 members (excludes halogenated alkanes) is 4. The summed E-state index contributed by atoms with van der Waals surface area (Å²) in [4.78, 5) is 25.4. The molecule has 3 heteroatoms. The third-order valence-corrected chi connectivity index (χ3v) is 3.99. The van der Waals surface area contributed by atoms with Gasteiger partial charge in [0.25, 0.3) is 0 Å². The van der Waals surface area contributed by atoms with Crippen LogP contribution in [0.25, 0.3) is 0 Å². The number of rotatable bonds is 7. The van der Waals surface area contributed by atoms with Gasteiger partial charge in [0.2, 0.25) is 5.91 Å². The number of hydrogen-bond acceptors (Lipinski definition) is 2. The van der Waals surface area contributed by atoms with E-state index in [1.165, 1.54) is 19.3 Å². The maximum atomic E-state index is 12.1. The summed E-state index contributed by atoms with van der Waals surface area (Å²) in [6.07, 6.45) is 6.82. The quantitative estimate of drug-likeness (QED) is 0.560. The normalized spacial score (nSPS) is 13.7. The molecule has 0 N–H and O–H groups in total. The number of hydrogen-bond donors (Lipinski definition) is 0. The molecule has 3 nitrogen and oxygen atoms in total. The van der Waals surface area contributed by atoms with Crippen molar-refractivity contribution in [3.8, 4) is 0 Å². The van der Waals surface area contributed by atoms with Gasteiger partial charge < -0.3 is 4.90 Å². The van der Waals surface area contributed by atoms with E-state index in [0.29, 0.717) is 12.8 Å². The van der Waals surface area contributed by atoms with E-state index >= 15 is 0 Å². The fraction of sp³-hybridized carbons (Fsp3) is 0.529. The van der Waals surface area contributed by atoms with Gasteiger partial charge in [0.1, 0.15) is 0 Å². The molecule has 0 saturated heterocycles. The fourth-order valence-electron chi connectivity index (χ4n) is 2.68. The first kappa shape index (κ1) is 14.8. The Balaban J connectivity index is 1.92. The number of carbonyl (C=O) groups excluding carboxylic acids is 2. The number of benzene rings is 1. The second kappa shape index (κ2) is 6.69. The molecule has 20 heavy (non-hydrogen) atoms. The molecular weight excluding hydrogens is 250 g/mol. The summed E-state index contributed by atoms with van der Waals surface area (Å²) in [6, 6.07) is 5.64. The molecule has 1 heterocycles. The highest BCUT2D eigenvalue weighted by atomic mass is 16.2. The summed E-state index contributed by atoms with van der Waals surface area (Å²) in [5.41, 5.74) is 2.67. The average Bonchev–Trinajstić information content (AvgIpc) is 2.73. The highest BCUT2D eigenvalue weighted by Gasteiger charge is 2.24. The molecule has 1 aromatic rings. The van der Waals surface area contributed by atoms with Crippen LogP contribution in [-0.4, -0.2) is 18.7 Å². The summed E-state index contributed by atoms with van der Waals surface area (Å²) in [6.45, 7) is 2.19. The molecule has 1 amide bonds. The molecule has 0 radical (unpaired) electrons. The highest BCUT2D eigenvalue weighted by molar-refractivity contribution is 6.03. The summed E-state index contributed by atoms with van der Waals surface area (Å²) < 4.78 is 0. The van der Waals surface area contributed by atoms with E-state index in [4.69, 9.17) is 0 Å². The maximum Gasteiger partial charge on any atom is 0.231 e. The monoisotopic (exact) mass is 273 g/mol. The predicted molar refractivity (Wildman–Crippen MR) is 81.3 cm³/mol. The molecule has 0 spiro atoms. The van der Waals surface area contributed by atoms with E-state index in [9.17, 15) is 9.59 Å². The van der Waals surface area contributed by atoms with Gasteiger partial charge in [0.05, 0.1) is 6.42 Å². The first-order valence-electron chi connectivity index (χ1n) is 7.56. The number of likely N-dealkylation sites (N-methyl/N-ethyl adjacent to an activating group) is 1. The van der Waals surface area contributed by atoms with Crippen LogP contribution in [0.15, 0.2) is 18.2 Å². The average molecular weight is 273 g/mol. The van der Waals surface area contributed by atoms with Gasteiger partial charge in [-0.1, -0.05) is 32.6 Å². The van der Waals surface area contributed by atoms with Gasteiger partial charge in [0.15, 0.2) is 5.78 Å². The predicted octanol–water partition coefficient (Wildman–Crippen LogP) is 3.75. The first-order chi connectivity index (χ1) is 9.63. The van der Waals surface area contributed by atoms with E-state index < -0.39 is 0 Å². The van der Waals surface area contributed by atoms with Crippen molar-refractivity contribution in [2.45, 2.75) is 51.9 Å². The smallest absolute Gasteiger partial charge is 0.231 e. The standard InChI is InChI=1S/C17H23NO2/c1-3-4-5-6-7-8-16(19)13-9-10-15-14(11-13)12-17(20)18(15)2/h9-11H,3-8,12H2,1-2H3. The SMILES string of the molecule is CCCCCCCC(=O)c1ccc2c(c1)CC(=O)N2C. The van der Waals surface area contributed by atoms with Crippen LogP contribution in [0.5, 0.6) is 0 Å². The molecule has 0 aliphatic carbocycles. The third kappa shape index (κ3) is 3.27. The second-order valence-corrected chi connectivity index (χ2v) is 5.56. The summed E-state index contributed by atoms with van der Waals surface area (Å²) in [5.74, 6) is 0.301. The van der Waals surface area contributed by atoms with Crippen LogP contribution in [0, 0.1) is 0 Å². The van der Waals surface area contributed by atoms with Crippen molar-refractivity contribution in [1.82, 2.24) is 0 Å². The molecule has 0 unspecified atom stereocenters. The van der Waals surface area contributed by atoms with Crippen molar-refractivity contribution in [2.75, 3.05) is 11.9 Å². The Labute approximate surface area is 121 Å². The zero-order valence-electron chi connectivity index (χ0n) is 12.4. The molecule has 1 aliphatic heterocycles.